The highest BCUT2D eigenvalue weighted by molar-refractivity contribution is 9.10. The van der Waals surface area contributed by atoms with Crippen LogP contribution in [0.3, 0.4) is 0 Å². The summed E-state index contributed by atoms with van der Waals surface area (Å²) in [6.07, 6.45) is 1.25. The maximum atomic E-state index is 11.2. The fourth-order valence-corrected chi connectivity index (χ4v) is 1.29. The molecule has 82 valence electrons. The number of nitrogens with zero attached hydrogens (tertiary/aromatic N) is 1. The summed E-state index contributed by atoms with van der Waals surface area (Å²) < 4.78 is 5.91. The molecule has 1 heterocycles. The monoisotopic (exact) mass is 276 g/mol. The van der Waals surface area contributed by atoms with Crippen LogP contribution >= 0.6 is 15.9 Å². The van der Waals surface area contributed by atoms with Gasteiger partial charge in [0.05, 0.1) is 11.1 Å². The summed E-state index contributed by atoms with van der Waals surface area (Å²) in [5.41, 5.74) is -1.17. The molecule has 0 aliphatic carbocycles. The average molecular weight is 277 g/mol. The van der Waals surface area contributed by atoms with E-state index in [4.69, 9.17) is 0 Å². The molecule has 0 saturated heterocycles. The molecular formula is C8H9BrN2O4. The number of esters is 1. The largest absolute Gasteiger partial charge is 0.465 e. The van der Waals surface area contributed by atoms with Crippen molar-refractivity contribution >= 4 is 21.9 Å². The molecular weight excluding hydrogens is 268 g/mol. The molecule has 0 aliphatic heterocycles. The van der Waals surface area contributed by atoms with Crippen LogP contribution in [0.25, 0.3) is 0 Å². The van der Waals surface area contributed by atoms with Gasteiger partial charge in [0.2, 0.25) is 0 Å². The van der Waals surface area contributed by atoms with E-state index in [9.17, 15) is 14.4 Å². The fraction of sp³-hybridized carbons (Fsp3) is 0.375. The number of ether oxygens (including phenoxy) is 1. The Morgan fingerprint density at radius 3 is 2.87 bits per heavy atom. The van der Waals surface area contributed by atoms with Crippen LogP contribution < -0.4 is 11.2 Å². The Kier molecular flexibility index (Phi) is 3.84. The maximum Gasteiger partial charge on any atom is 0.328 e. The molecule has 0 aliphatic rings. The number of aromatic amines is 1. The van der Waals surface area contributed by atoms with Gasteiger partial charge in [0.1, 0.15) is 6.54 Å². The van der Waals surface area contributed by atoms with Crippen LogP contribution in [0.2, 0.25) is 0 Å². The zero-order valence-corrected chi connectivity index (χ0v) is 9.54. The van der Waals surface area contributed by atoms with Gasteiger partial charge in [-0.15, -0.1) is 0 Å². The molecule has 15 heavy (non-hydrogen) atoms. The third-order valence-corrected chi connectivity index (χ3v) is 2.14. The van der Waals surface area contributed by atoms with E-state index in [-0.39, 0.29) is 17.6 Å². The van der Waals surface area contributed by atoms with Crippen LogP contribution in [0.4, 0.5) is 0 Å². The van der Waals surface area contributed by atoms with E-state index in [2.05, 4.69) is 25.7 Å². The van der Waals surface area contributed by atoms with Crippen molar-refractivity contribution in [3.63, 3.8) is 0 Å². The molecule has 0 aromatic carbocycles. The first-order valence-corrected chi connectivity index (χ1v) is 4.98. The van der Waals surface area contributed by atoms with E-state index >= 15 is 0 Å². The van der Waals surface area contributed by atoms with Crippen LogP contribution in [0.15, 0.2) is 20.3 Å². The quantitative estimate of drug-likeness (QED) is 0.780. The van der Waals surface area contributed by atoms with Crippen LogP contribution in [0.1, 0.15) is 6.92 Å². The molecule has 1 aromatic rings. The number of hydrogen-bond donors (Lipinski definition) is 1. The molecule has 0 spiro atoms. The number of H-pyrrole nitrogens is 1. The van der Waals surface area contributed by atoms with Crippen molar-refractivity contribution in [2.45, 2.75) is 13.5 Å². The Bertz CT molecular complexity index is 476. The van der Waals surface area contributed by atoms with Crippen molar-refractivity contribution in [3.05, 3.63) is 31.5 Å². The standard InChI is InChI=1S/C8H9BrN2O4/c1-2-15-6(12)4-11-3-5(9)7(13)10-8(11)14/h3H,2,4H2,1H3,(H,10,13,14). The molecule has 0 atom stereocenters. The Balaban J connectivity index is 2.96. The summed E-state index contributed by atoms with van der Waals surface area (Å²) in [5.74, 6) is -0.529. The number of aromatic nitrogens is 2. The highest BCUT2D eigenvalue weighted by Gasteiger charge is 2.07. The van der Waals surface area contributed by atoms with Crippen LogP contribution in [-0.2, 0) is 16.1 Å². The molecule has 1 aromatic heterocycles. The third-order valence-electron chi connectivity index (χ3n) is 1.57. The van der Waals surface area contributed by atoms with Gasteiger partial charge < -0.3 is 4.74 Å². The van der Waals surface area contributed by atoms with Gasteiger partial charge in [0.15, 0.2) is 0 Å². The van der Waals surface area contributed by atoms with Crippen LogP contribution in [0, 0.1) is 0 Å². The van der Waals surface area contributed by atoms with E-state index in [0.717, 1.165) is 4.57 Å². The van der Waals surface area contributed by atoms with Crippen molar-refractivity contribution in [2.75, 3.05) is 6.61 Å². The van der Waals surface area contributed by atoms with Crippen molar-refractivity contribution in [2.24, 2.45) is 0 Å². The van der Waals surface area contributed by atoms with Gasteiger partial charge in [-0.05, 0) is 22.9 Å². The molecule has 6 nitrogen and oxygen atoms in total. The van der Waals surface area contributed by atoms with Gasteiger partial charge in [-0.25, -0.2) is 4.79 Å². The molecule has 0 bridgehead atoms. The predicted octanol–water partition coefficient (Wildman–Crippen LogP) is -0.138. The number of nitrogens with one attached hydrogen (secondary N) is 1. The number of halogens is 1. The van der Waals surface area contributed by atoms with Crippen molar-refractivity contribution < 1.29 is 9.53 Å². The van der Waals surface area contributed by atoms with Crippen molar-refractivity contribution in [1.29, 1.82) is 0 Å². The topological polar surface area (TPSA) is 81.2 Å². The lowest BCUT2D eigenvalue weighted by Gasteiger charge is -2.04. The van der Waals surface area contributed by atoms with Crippen LogP contribution in [0.5, 0.6) is 0 Å². The zero-order valence-electron chi connectivity index (χ0n) is 7.95. The molecule has 1 rings (SSSR count). The highest BCUT2D eigenvalue weighted by Crippen LogP contribution is 1.97. The van der Waals surface area contributed by atoms with E-state index in [1.165, 1.54) is 6.20 Å². The molecule has 7 heteroatoms. The number of hydrogen-bond acceptors (Lipinski definition) is 4. The Hall–Kier alpha value is -1.37. The van der Waals surface area contributed by atoms with E-state index < -0.39 is 17.2 Å². The van der Waals surface area contributed by atoms with Gasteiger partial charge in [0.25, 0.3) is 5.56 Å². The summed E-state index contributed by atoms with van der Waals surface area (Å²) in [5, 5.41) is 0. The van der Waals surface area contributed by atoms with E-state index in [0.29, 0.717) is 0 Å². The Morgan fingerprint density at radius 1 is 1.60 bits per heavy atom. The Morgan fingerprint density at radius 2 is 2.27 bits per heavy atom. The predicted molar refractivity (Wildman–Crippen MR) is 55.7 cm³/mol. The lowest BCUT2D eigenvalue weighted by molar-refractivity contribution is -0.143. The lowest BCUT2D eigenvalue weighted by atomic mass is 10.5. The minimum atomic E-state index is -0.642. The third kappa shape index (κ3) is 3.05. The van der Waals surface area contributed by atoms with Gasteiger partial charge in [-0.3, -0.25) is 19.1 Å². The fourth-order valence-electron chi connectivity index (χ4n) is 0.946. The second-order valence-corrected chi connectivity index (χ2v) is 3.52. The smallest absolute Gasteiger partial charge is 0.328 e. The summed E-state index contributed by atoms with van der Waals surface area (Å²) in [6, 6.07) is 0. The normalized spacial score (nSPS) is 10.0. The minimum absolute atomic E-state index is 0.186. The molecule has 0 amide bonds. The van der Waals surface area contributed by atoms with Gasteiger partial charge in [-0.2, -0.15) is 0 Å². The van der Waals surface area contributed by atoms with Gasteiger partial charge in [-0.1, -0.05) is 0 Å². The number of carbonyl (C=O) groups excluding carboxylic acids is 1. The highest BCUT2D eigenvalue weighted by atomic mass is 79.9. The van der Waals surface area contributed by atoms with Gasteiger partial charge >= 0.3 is 11.7 Å². The first-order valence-electron chi connectivity index (χ1n) is 4.19. The summed E-state index contributed by atoms with van der Waals surface area (Å²) in [6.45, 7) is 1.70. The molecule has 0 unspecified atom stereocenters. The molecule has 0 radical (unpaired) electrons. The second-order valence-electron chi connectivity index (χ2n) is 2.67. The number of carbonyl (C=O) groups is 1. The van der Waals surface area contributed by atoms with E-state index in [1.807, 2.05) is 0 Å². The summed E-state index contributed by atoms with van der Waals surface area (Å²) >= 11 is 2.95. The van der Waals surface area contributed by atoms with Crippen LogP contribution in [-0.4, -0.2) is 22.1 Å². The Labute approximate surface area is 93.0 Å². The van der Waals surface area contributed by atoms with E-state index in [1.54, 1.807) is 6.92 Å². The number of rotatable bonds is 3. The first kappa shape index (κ1) is 11.7. The summed E-state index contributed by atoms with van der Waals surface area (Å²) in [4.78, 5) is 35.3. The maximum absolute atomic E-state index is 11.2. The zero-order chi connectivity index (χ0) is 11.4. The SMILES string of the molecule is CCOC(=O)Cn1cc(Br)c(=O)[nH]c1=O. The van der Waals surface area contributed by atoms with Crippen molar-refractivity contribution in [3.8, 4) is 0 Å². The first-order chi connectivity index (χ1) is 7.04. The lowest BCUT2D eigenvalue weighted by Crippen LogP contribution is -2.32. The summed E-state index contributed by atoms with van der Waals surface area (Å²) in [7, 11) is 0. The average Bonchev–Trinajstić information content (AvgIpc) is 2.14. The minimum Gasteiger partial charge on any atom is -0.465 e. The molecule has 0 saturated carbocycles. The van der Waals surface area contributed by atoms with Gasteiger partial charge in [0, 0.05) is 6.20 Å². The molecule has 0 fully saturated rings. The second kappa shape index (κ2) is 4.92. The molecule has 1 N–H and O–H groups in total. The van der Waals surface area contributed by atoms with Crippen molar-refractivity contribution in [1.82, 2.24) is 9.55 Å².